The van der Waals surface area contributed by atoms with Crippen LogP contribution in [0.15, 0.2) is 95.2 Å². The summed E-state index contributed by atoms with van der Waals surface area (Å²) >= 11 is 0. The van der Waals surface area contributed by atoms with Crippen molar-refractivity contribution < 1.29 is 14.7 Å². The van der Waals surface area contributed by atoms with Gasteiger partial charge in [-0.05, 0) is 31.2 Å². The van der Waals surface area contributed by atoms with Gasteiger partial charge in [0.1, 0.15) is 11.3 Å². The Morgan fingerprint density at radius 1 is 1.05 bits per heavy atom. The van der Waals surface area contributed by atoms with Crippen LogP contribution in [-0.4, -0.2) is 49.1 Å². The fourth-order valence-electron chi connectivity index (χ4n) is 3.92. The third-order valence-electron chi connectivity index (χ3n) is 5.65. The molecular formula is C27H24N8O3. The van der Waals surface area contributed by atoms with Crippen molar-refractivity contribution in [2.24, 2.45) is 16.0 Å². The Bertz CT molecular complexity index is 1610. The average Bonchev–Trinajstić information content (AvgIpc) is 3.56. The largest absolute Gasteiger partial charge is 0.462 e. The number of H-pyrrole nitrogens is 1. The van der Waals surface area contributed by atoms with Crippen LogP contribution in [0.4, 0.5) is 5.82 Å². The van der Waals surface area contributed by atoms with E-state index in [2.05, 4.69) is 25.7 Å². The summed E-state index contributed by atoms with van der Waals surface area (Å²) < 4.78 is 6.95. The van der Waals surface area contributed by atoms with Gasteiger partial charge in [-0.15, -0.1) is 0 Å². The molecule has 0 saturated carbocycles. The molecule has 0 spiro atoms. The fourth-order valence-corrected chi connectivity index (χ4v) is 3.92. The molecule has 2 aromatic heterocycles. The van der Waals surface area contributed by atoms with Crippen LogP contribution in [0.1, 0.15) is 23.1 Å². The van der Waals surface area contributed by atoms with Gasteiger partial charge in [-0.2, -0.15) is 10.2 Å². The number of aromatic nitrogens is 4. The molecule has 5 N–H and O–H groups in total. The van der Waals surface area contributed by atoms with Crippen molar-refractivity contribution in [1.82, 2.24) is 19.7 Å². The Labute approximate surface area is 217 Å². The number of aromatic amines is 1. The summed E-state index contributed by atoms with van der Waals surface area (Å²) in [7, 11) is 0. The summed E-state index contributed by atoms with van der Waals surface area (Å²) in [5.74, 6) is -0.378. The molecule has 5 rings (SSSR count). The van der Waals surface area contributed by atoms with E-state index < -0.39 is 5.97 Å². The standard InChI is InChI=1S/C27H24N8O3/c1-2-38-27(36)21-22(17-11-5-3-6-12-17)33-35(18-13-7-4-8-14-18)26(21)32-31-23(24(28)34-37)25-29-19-15-9-10-16-20(19)30-25/h3-16,32,37H,2H2,1H3,(H2,28,34)(H,29,30)/b31-23+. The highest BCUT2D eigenvalue weighted by atomic mass is 16.5. The average molecular weight is 509 g/mol. The van der Waals surface area contributed by atoms with E-state index in [-0.39, 0.29) is 35.4 Å². The zero-order valence-corrected chi connectivity index (χ0v) is 20.4. The molecule has 0 amide bonds. The van der Waals surface area contributed by atoms with Crippen molar-refractivity contribution in [2.45, 2.75) is 6.92 Å². The van der Waals surface area contributed by atoms with Crippen molar-refractivity contribution in [3.63, 3.8) is 0 Å². The number of hydrazone groups is 1. The van der Waals surface area contributed by atoms with Crippen LogP contribution in [0, 0.1) is 0 Å². The van der Waals surface area contributed by atoms with E-state index in [1.54, 1.807) is 11.6 Å². The monoisotopic (exact) mass is 508 g/mol. The molecule has 11 nitrogen and oxygen atoms in total. The third-order valence-corrected chi connectivity index (χ3v) is 5.65. The van der Waals surface area contributed by atoms with Crippen LogP contribution in [0.3, 0.4) is 0 Å². The molecule has 5 aromatic rings. The summed E-state index contributed by atoms with van der Waals surface area (Å²) in [4.78, 5) is 20.9. The maximum atomic E-state index is 13.3. The van der Waals surface area contributed by atoms with Gasteiger partial charge in [0.25, 0.3) is 0 Å². The number of nitrogens with one attached hydrogen (secondary N) is 2. The molecule has 190 valence electrons. The number of benzene rings is 3. The lowest BCUT2D eigenvalue weighted by Gasteiger charge is -2.10. The predicted octanol–water partition coefficient (Wildman–Crippen LogP) is 4.15. The van der Waals surface area contributed by atoms with E-state index in [4.69, 9.17) is 15.6 Å². The first-order valence-electron chi connectivity index (χ1n) is 11.8. The molecule has 11 heteroatoms. The third kappa shape index (κ3) is 4.67. The molecule has 0 aliphatic rings. The Balaban J connectivity index is 1.70. The van der Waals surface area contributed by atoms with Crippen LogP contribution < -0.4 is 11.2 Å². The van der Waals surface area contributed by atoms with Gasteiger partial charge in [0.2, 0.25) is 0 Å². The number of esters is 1. The van der Waals surface area contributed by atoms with Gasteiger partial charge >= 0.3 is 5.97 Å². The van der Waals surface area contributed by atoms with Gasteiger partial charge in [-0.1, -0.05) is 65.8 Å². The van der Waals surface area contributed by atoms with Crippen molar-refractivity contribution in [2.75, 3.05) is 12.0 Å². The summed E-state index contributed by atoms with van der Waals surface area (Å²) in [5.41, 5.74) is 12.3. The Morgan fingerprint density at radius 2 is 1.74 bits per heavy atom. The molecule has 0 atom stereocenters. The maximum absolute atomic E-state index is 13.3. The molecule has 0 unspecified atom stereocenters. The highest BCUT2D eigenvalue weighted by molar-refractivity contribution is 6.46. The molecule has 0 bridgehead atoms. The smallest absolute Gasteiger partial charge is 0.344 e. The number of ether oxygens (including phenoxy) is 1. The zero-order chi connectivity index (χ0) is 26.5. The summed E-state index contributed by atoms with van der Waals surface area (Å²) in [6, 6.07) is 25.9. The van der Waals surface area contributed by atoms with Gasteiger partial charge in [0.05, 0.1) is 23.3 Å². The second-order valence-corrected chi connectivity index (χ2v) is 8.07. The number of rotatable bonds is 8. The molecule has 0 radical (unpaired) electrons. The summed E-state index contributed by atoms with van der Waals surface area (Å²) in [6.07, 6.45) is 0. The first-order valence-corrected chi connectivity index (χ1v) is 11.8. The minimum absolute atomic E-state index is 0.0283. The number of nitrogens with two attached hydrogens (primary N) is 1. The van der Waals surface area contributed by atoms with E-state index >= 15 is 0 Å². The SMILES string of the molecule is CCOC(=O)c1c(-c2ccccc2)nn(-c2ccccc2)c1N/N=C(\C(N)=N\O)c1nc2ccccc2[nH]1. The molecule has 0 fully saturated rings. The number of para-hydroxylation sites is 3. The molecule has 3 aromatic carbocycles. The molecule has 0 aliphatic carbocycles. The van der Waals surface area contributed by atoms with E-state index in [0.717, 1.165) is 5.52 Å². The maximum Gasteiger partial charge on any atom is 0.344 e. The summed E-state index contributed by atoms with van der Waals surface area (Å²) in [5, 5.41) is 21.7. The van der Waals surface area contributed by atoms with Gasteiger partial charge in [0.15, 0.2) is 23.2 Å². The predicted molar refractivity (Wildman–Crippen MR) is 145 cm³/mol. The molecule has 0 aliphatic heterocycles. The Kier molecular flexibility index (Phi) is 6.81. The topological polar surface area (TPSA) is 156 Å². The van der Waals surface area contributed by atoms with E-state index in [1.807, 2.05) is 84.9 Å². The van der Waals surface area contributed by atoms with Crippen molar-refractivity contribution >= 4 is 34.4 Å². The lowest BCUT2D eigenvalue weighted by molar-refractivity contribution is 0.0528. The number of anilines is 1. The number of imidazole rings is 1. The lowest BCUT2D eigenvalue weighted by atomic mass is 10.1. The van der Waals surface area contributed by atoms with Gasteiger partial charge in [0, 0.05) is 5.56 Å². The van der Waals surface area contributed by atoms with Crippen LogP contribution in [0.2, 0.25) is 0 Å². The minimum Gasteiger partial charge on any atom is -0.462 e. The quantitative estimate of drug-likeness (QED) is 0.0806. The number of oxime groups is 1. The van der Waals surface area contributed by atoms with Gasteiger partial charge < -0.3 is 20.7 Å². The molecule has 38 heavy (non-hydrogen) atoms. The van der Waals surface area contributed by atoms with Crippen molar-refractivity contribution in [3.8, 4) is 16.9 Å². The van der Waals surface area contributed by atoms with Crippen LogP contribution in [-0.2, 0) is 4.74 Å². The number of carbonyl (C=O) groups is 1. The van der Waals surface area contributed by atoms with E-state index in [0.29, 0.717) is 22.5 Å². The Hall–Kier alpha value is -5.45. The van der Waals surface area contributed by atoms with Gasteiger partial charge in [-0.3, -0.25) is 5.43 Å². The van der Waals surface area contributed by atoms with E-state index in [9.17, 15) is 10.0 Å². The number of hydrogen-bond acceptors (Lipinski definition) is 8. The minimum atomic E-state index is -0.583. The molecule has 0 saturated heterocycles. The van der Waals surface area contributed by atoms with Gasteiger partial charge in [-0.25, -0.2) is 14.5 Å². The lowest BCUT2D eigenvalue weighted by Crippen LogP contribution is -2.27. The highest BCUT2D eigenvalue weighted by Gasteiger charge is 2.27. The zero-order valence-electron chi connectivity index (χ0n) is 20.4. The second-order valence-electron chi connectivity index (χ2n) is 8.07. The fraction of sp³-hybridized carbons (Fsp3) is 0.0741. The Morgan fingerprint density at radius 3 is 2.42 bits per heavy atom. The van der Waals surface area contributed by atoms with Crippen LogP contribution in [0.25, 0.3) is 28.0 Å². The highest BCUT2D eigenvalue weighted by Crippen LogP contribution is 2.32. The number of carbonyl (C=O) groups excluding carboxylic acids is 1. The molecule has 2 heterocycles. The van der Waals surface area contributed by atoms with Crippen molar-refractivity contribution in [1.29, 1.82) is 0 Å². The normalized spacial score (nSPS) is 12.0. The molecular weight excluding hydrogens is 484 g/mol. The number of hydrogen-bond donors (Lipinski definition) is 4. The van der Waals surface area contributed by atoms with E-state index in [1.165, 1.54) is 0 Å². The summed E-state index contributed by atoms with van der Waals surface area (Å²) in [6.45, 7) is 1.89. The van der Waals surface area contributed by atoms with Crippen LogP contribution >= 0.6 is 0 Å². The number of amidine groups is 1. The number of fused-ring (bicyclic) bond motifs is 1. The second kappa shape index (κ2) is 10.7. The first kappa shape index (κ1) is 24.3. The van der Waals surface area contributed by atoms with Crippen molar-refractivity contribution in [3.05, 3.63) is 96.3 Å². The van der Waals surface area contributed by atoms with Crippen LogP contribution in [0.5, 0.6) is 0 Å². The first-order chi connectivity index (χ1) is 18.6. The number of nitrogens with zero attached hydrogens (tertiary/aromatic N) is 5.